The van der Waals surface area contributed by atoms with Gasteiger partial charge in [0.15, 0.2) is 0 Å². The van der Waals surface area contributed by atoms with Gasteiger partial charge in [-0.05, 0) is 109 Å². The summed E-state index contributed by atoms with van der Waals surface area (Å²) >= 11 is 0. The number of furan rings is 2. The molecule has 0 saturated heterocycles. The number of nitrogens with zero attached hydrogens (tertiary/aromatic N) is 3. The molecule has 9 nitrogen and oxygen atoms in total. The maximum atomic E-state index is 11.9. The molecule has 0 atom stereocenters. The highest BCUT2D eigenvalue weighted by Gasteiger charge is 2.18. The maximum absolute atomic E-state index is 11.9. The minimum absolute atomic E-state index is 0. The van der Waals surface area contributed by atoms with E-state index in [0.29, 0.717) is 31.6 Å². The van der Waals surface area contributed by atoms with E-state index in [1.165, 1.54) is 22.0 Å². The molecule has 0 fully saturated rings. The van der Waals surface area contributed by atoms with Gasteiger partial charge < -0.3 is 35.2 Å². The Morgan fingerprint density at radius 3 is 1.59 bits per heavy atom. The van der Waals surface area contributed by atoms with E-state index >= 15 is 0 Å². The zero-order valence-electron chi connectivity index (χ0n) is 37.5. The van der Waals surface area contributed by atoms with Crippen LogP contribution in [0.15, 0.2) is 167 Å². The van der Waals surface area contributed by atoms with Crippen LogP contribution in [0.2, 0.25) is 0 Å². The number of halogens is 2. The average molecular weight is 940 g/mol. The number of benzene rings is 7. The van der Waals surface area contributed by atoms with Gasteiger partial charge in [-0.25, -0.2) is 0 Å². The molecule has 4 aromatic heterocycles. The zero-order chi connectivity index (χ0) is 45.1. The lowest BCUT2D eigenvalue weighted by Crippen LogP contribution is -2.15. The van der Waals surface area contributed by atoms with Crippen molar-refractivity contribution in [3.8, 4) is 28.3 Å². The number of rotatable bonds is 13. The Balaban J connectivity index is 0.000000180. The van der Waals surface area contributed by atoms with Crippen LogP contribution in [0.25, 0.3) is 87.9 Å². The summed E-state index contributed by atoms with van der Waals surface area (Å²) in [6.07, 6.45) is 8.52. The van der Waals surface area contributed by atoms with E-state index < -0.39 is 5.91 Å². The molecule has 0 saturated carbocycles. The predicted molar refractivity (Wildman–Crippen MR) is 283 cm³/mol. The number of nitriles is 1. The number of para-hydroxylation sites is 4. The summed E-state index contributed by atoms with van der Waals surface area (Å²) in [4.78, 5) is 11.9. The SMILES string of the molecule is Cl.Cl.N#CCCCCn1cc(CCN)c2cc(-c3cccc4c3oc3ccccc34)ccc21.NCCc1cn(Cc2ccccc2C(N)=O)c2ccc(-c3cccc4c3oc3ccccc34)cc12. The van der Waals surface area contributed by atoms with E-state index in [2.05, 4.69) is 119 Å². The zero-order valence-corrected chi connectivity index (χ0v) is 39.1. The molecule has 0 unspecified atom stereocenters. The van der Waals surface area contributed by atoms with Gasteiger partial charge in [-0.1, -0.05) is 103 Å². The van der Waals surface area contributed by atoms with Crippen molar-refractivity contribution >= 4 is 96.4 Å². The smallest absolute Gasteiger partial charge is 0.249 e. The quantitative estimate of drug-likeness (QED) is 0.0978. The number of primary amides is 1. The molecule has 342 valence electrons. The Bertz CT molecular complexity index is 3630. The van der Waals surface area contributed by atoms with Gasteiger partial charge in [0.25, 0.3) is 0 Å². The Morgan fingerprint density at radius 1 is 0.544 bits per heavy atom. The molecule has 11 rings (SSSR count). The van der Waals surface area contributed by atoms with E-state index in [4.69, 9.17) is 31.3 Å². The first-order valence-corrected chi connectivity index (χ1v) is 22.6. The lowest BCUT2D eigenvalue weighted by atomic mass is 9.99. The minimum Gasteiger partial charge on any atom is -0.455 e. The molecular formula is C57H52Cl2N6O3. The van der Waals surface area contributed by atoms with Crippen LogP contribution in [-0.4, -0.2) is 28.1 Å². The first-order chi connectivity index (χ1) is 32.4. The summed E-state index contributed by atoms with van der Waals surface area (Å²) in [5.41, 5.74) is 31.7. The number of fused-ring (bicyclic) bond motifs is 8. The number of hydrogen-bond acceptors (Lipinski definition) is 6. The van der Waals surface area contributed by atoms with Gasteiger partial charge >= 0.3 is 0 Å². The molecule has 11 aromatic rings. The highest BCUT2D eigenvalue weighted by atomic mass is 35.5. The van der Waals surface area contributed by atoms with Gasteiger partial charge in [0.1, 0.15) is 22.3 Å². The summed E-state index contributed by atoms with van der Waals surface area (Å²) in [5.74, 6) is -0.416. The monoisotopic (exact) mass is 938 g/mol. The third kappa shape index (κ3) is 8.95. The fourth-order valence-electron chi connectivity index (χ4n) is 9.62. The standard InChI is InChI=1S/C30H25N3O2.C27H25N3O.2ClH/c31-15-14-21-18-33(17-20-6-1-2-7-23(20)30(32)34)27-13-12-19(16-26(21)27)22-9-5-10-25-24-8-3-4-11-28(24)35-29(22)25;28-14-4-1-5-16-30-18-20(13-15-29)24-17-19(11-12-25(24)30)21-8-6-9-23-22-7-2-3-10-26(22)31-27(21)23;;/h1-13,16,18H,14-15,17,31H2,(H2,32,34);2-3,6-12,17-18H,1,4-5,13,15-16,29H2;2*1H. The van der Waals surface area contributed by atoms with Crippen LogP contribution in [0.4, 0.5) is 0 Å². The van der Waals surface area contributed by atoms with Gasteiger partial charge in [-0.3, -0.25) is 4.79 Å². The van der Waals surface area contributed by atoms with Crippen LogP contribution >= 0.6 is 24.8 Å². The third-order valence-corrected chi connectivity index (χ3v) is 12.7. The van der Waals surface area contributed by atoms with E-state index in [9.17, 15) is 4.79 Å². The lowest BCUT2D eigenvalue weighted by Gasteiger charge is -2.10. The van der Waals surface area contributed by atoms with Crippen molar-refractivity contribution in [2.24, 2.45) is 17.2 Å². The Morgan fingerprint density at radius 2 is 1.04 bits per heavy atom. The van der Waals surface area contributed by atoms with Crippen LogP contribution < -0.4 is 17.2 Å². The molecule has 4 heterocycles. The average Bonchev–Trinajstić information content (AvgIpc) is 4.11. The van der Waals surface area contributed by atoms with Crippen molar-refractivity contribution in [1.82, 2.24) is 9.13 Å². The first kappa shape index (κ1) is 47.2. The number of carbonyl (C=O) groups is 1. The molecule has 0 radical (unpaired) electrons. The maximum Gasteiger partial charge on any atom is 0.249 e. The molecule has 0 spiro atoms. The van der Waals surface area contributed by atoms with Gasteiger partial charge in [0.2, 0.25) is 5.91 Å². The molecule has 11 heteroatoms. The van der Waals surface area contributed by atoms with Crippen LogP contribution in [0.3, 0.4) is 0 Å². The molecular weight excluding hydrogens is 888 g/mol. The summed E-state index contributed by atoms with van der Waals surface area (Å²) in [6, 6.07) is 51.8. The second-order valence-corrected chi connectivity index (χ2v) is 16.9. The fraction of sp³-hybridized carbons (Fsp3) is 0.158. The van der Waals surface area contributed by atoms with Gasteiger partial charge in [0.05, 0.1) is 6.07 Å². The summed E-state index contributed by atoms with van der Waals surface area (Å²) in [6.45, 7) is 2.65. The Labute approximate surface area is 406 Å². The Kier molecular flexibility index (Phi) is 14.4. The van der Waals surface area contributed by atoms with Crippen molar-refractivity contribution in [2.75, 3.05) is 13.1 Å². The van der Waals surface area contributed by atoms with E-state index in [1.807, 2.05) is 48.5 Å². The second-order valence-electron chi connectivity index (χ2n) is 16.9. The van der Waals surface area contributed by atoms with Gasteiger partial charge in [0, 0.05) is 91.9 Å². The molecule has 6 N–H and O–H groups in total. The lowest BCUT2D eigenvalue weighted by molar-refractivity contribution is 0.0999. The van der Waals surface area contributed by atoms with Crippen molar-refractivity contribution in [1.29, 1.82) is 5.26 Å². The van der Waals surface area contributed by atoms with Gasteiger partial charge in [-0.15, -0.1) is 24.8 Å². The topological polar surface area (TPSA) is 155 Å². The number of amides is 1. The van der Waals surface area contributed by atoms with Crippen molar-refractivity contribution < 1.29 is 13.6 Å². The van der Waals surface area contributed by atoms with Crippen molar-refractivity contribution in [3.63, 3.8) is 0 Å². The minimum atomic E-state index is -0.416. The van der Waals surface area contributed by atoms with Crippen molar-refractivity contribution in [3.05, 3.63) is 180 Å². The Hall–Kier alpha value is -7.32. The number of aryl methyl sites for hydroxylation is 1. The molecule has 0 aliphatic carbocycles. The molecule has 68 heavy (non-hydrogen) atoms. The first-order valence-electron chi connectivity index (χ1n) is 22.6. The number of nitrogens with two attached hydrogens (primary N) is 3. The molecule has 0 aliphatic rings. The van der Waals surface area contributed by atoms with Gasteiger partial charge in [-0.2, -0.15) is 5.26 Å². The number of carbonyl (C=O) groups excluding carboxylic acids is 1. The molecule has 0 aliphatic heterocycles. The molecule has 7 aromatic carbocycles. The van der Waals surface area contributed by atoms with Crippen molar-refractivity contribution in [2.45, 2.75) is 45.2 Å². The largest absolute Gasteiger partial charge is 0.455 e. The third-order valence-electron chi connectivity index (χ3n) is 12.7. The predicted octanol–water partition coefficient (Wildman–Crippen LogP) is 13.1. The highest BCUT2D eigenvalue weighted by molar-refractivity contribution is 6.11. The summed E-state index contributed by atoms with van der Waals surface area (Å²) in [7, 11) is 0. The van der Waals surface area contributed by atoms with Crippen LogP contribution in [-0.2, 0) is 25.9 Å². The normalized spacial score (nSPS) is 11.2. The summed E-state index contributed by atoms with van der Waals surface area (Å²) < 4.78 is 17.0. The number of aromatic nitrogens is 2. The number of unbranched alkanes of at least 4 members (excludes halogenated alkanes) is 2. The molecule has 1 amide bonds. The highest BCUT2D eigenvalue weighted by Crippen LogP contribution is 2.39. The summed E-state index contributed by atoms with van der Waals surface area (Å²) in [5, 5.41) is 15.7. The molecule has 0 bridgehead atoms. The second kappa shape index (κ2) is 20.7. The van der Waals surface area contributed by atoms with E-state index in [1.54, 1.807) is 6.07 Å². The number of hydrogen-bond donors (Lipinski definition) is 3. The fourth-order valence-corrected chi connectivity index (χ4v) is 9.62. The van der Waals surface area contributed by atoms with Crippen LogP contribution in [0, 0.1) is 11.3 Å². The van der Waals surface area contributed by atoms with E-state index in [-0.39, 0.29) is 24.8 Å². The van der Waals surface area contributed by atoms with Crippen LogP contribution in [0.1, 0.15) is 46.3 Å². The van der Waals surface area contributed by atoms with E-state index in [0.717, 1.165) is 115 Å². The van der Waals surface area contributed by atoms with Crippen LogP contribution in [0.5, 0.6) is 0 Å².